The van der Waals surface area contributed by atoms with Gasteiger partial charge in [-0.2, -0.15) is 4.98 Å². The molecule has 9 nitrogen and oxygen atoms in total. The van der Waals surface area contributed by atoms with E-state index in [9.17, 15) is 14.0 Å². The van der Waals surface area contributed by atoms with Gasteiger partial charge in [0, 0.05) is 33.2 Å². The van der Waals surface area contributed by atoms with Crippen LogP contribution in [-0.4, -0.2) is 63.4 Å². The average Bonchev–Trinajstić information content (AvgIpc) is 3.08. The molecule has 1 saturated heterocycles. The first-order valence-electron chi connectivity index (χ1n) is 9.51. The van der Waals surface area contributed by atoms with Crippen molar-refractivity contribution < 1.29 is 9.13 Å². The van der Waals surface area contributed by atoms with E-state index < -0.39 is 11.2 Å². The van der Waals surface area contributed by atoms with Crippen molar-refractivity contribution in [1.82, 2.24) is 24.0 Å². The number of aryl methyl sites for hydroxylation is 1. The van der Waals surface area contributed by atoms with Gasteiger partial charge in [0.1, 0.15) is 5.82 Å². The summed E-state index contributed by atoms with van der Waals surface area (Å²) in [5.74, 6) is 0.164. The number of hydrogen-bond donors (Lipinski definition) is 2. The largest absolute Gasteiger partial charge is 0.379 e. The number of rotatable bonds is 6. The molecule has 10 heteroatoms. The van der Waals surface area contributed by atoms with E-state index in [1.807, 2.05) is 0 Å². The summed E-state index contributed by atoms with van der Waals surface area (Å²) in [6.45, 7) is 4.94. The Kier molecular flexibility index (Phi) is 5.45. The molecule has 0 atom stereocenters. The van der Waals surface area contributed by atoms with Crippen LogP contribution in [0.5, 0.6) is 0 Å². The molecule has 0 bridgehead atoms. The summed E-state index contributed by atoms with van der Waals surface area (Å²) < 4.78 is 21.7. The molecule has 154 valence electrons. The molecule has 1 aromatic carbocycles. The number of H-pyrrole nitrogens is 1. The van der Waals surface area contributed by atoms with Crippen LogP contribution in [0.3, 0.4) is 0 Å². The third kappa shape index (κ3) is 4.08. The molecule has 4 rings (SSSR count). The number of benzene rings is 1. The number of hydrogen-bond acceptors (Lipinski definition) is 6. The number of aromatic amines is 1. The van der Waals surface area contributed by atoms with Crippen molar-refractivity contribution >= 4 is 17.1 Å². The zero-order chi connectivity index (χ0) is 20.4. The Hall–Kier alpha value is -2.98. The second-order valence-corrected chi connectivity index (χ2v) is 7.02. The van der Waals surface area contributed by atoms with Crippen molar-refractivity contribution in [3.63, 3.8) is 0 Å². The fraction of sp³-hybridized carbons (Fsp3) is 0.421. The second kappa shape index (κ2) is 8.18. The molecule has 1 aliphatic heterocycles. The molecule has 0 unspecified atom stereocenters. The molecule has 0 spiro atoms. The first-order chi connectivity index (χ1) is 14.0. The number of ether oxygens (including phenoxy) is 1. The van der Waals surface area contributed by atoms with Crippen LogP contribution in [-0.2, 0) is 18.3 Å². The molecule has 0 radical (unpaired) electrons. The summed E-state index contributed by atoms with van der Waals surface area (Å²) in [5.41, 5.74) is 0.392. The molecule has 29 heavy (non-hydrogen) atoms. The highest BCUT2D eigenvalue weighted by atomic mass is 19.1. The molecule has 3 heterocycles. The summed E-state index contributed by atoms with van der Waals surface area (Å²) in [4.78, 5) is 33.6. The van der Waals surface area contributed by atoms with Gasteiger partial charge in [0.05, 0.1) is 19.8 Å². The number of nitrogens with one attached hydrogen (secondary N) is 2. The fourth-order valence-corrected chi connectivity index (χ4v) is 3.45. The van der Waals surface area contributed by atoms with Gasteiger partial charge in [0.25, 0.3) is 5.56 Å². The van der Waals surface area contributed by atoms with Crippen molar-refractivity contribution in [3.05, 3.63) is 56.5 Å². The Labute approximate surface area is 165 Å². The van der Waals surface area contributed by atoms with E-state index in [-0.39, 0.29) is 5.82 Å². The smallest absolute Gasteiger partial charge is 0.329 e. The van der Waals surface area contributed by atoms with Gasteiger partial charge < -0.3 is 10.1 Å². The lowest BCUT2D eigenvalue weighted by Gasteiger charge is -2.26. The molecule has 3 aromatic rings. The lowest BCUT2D eigenvalue weighted by Crippen LogP contribution is -2.39. The third-order valence-corrected chi connectivity index (χ3v) is 5.08. The van der Waals surface area contributed by atoms with Crippen molar-refractivity contribution in [3.8, 4) is 0 Å². The van der Waals surface area contributed by atoms with E-state index in [0.29, 0.717) is 30.2 Å². The molecule has 2 N–H and O–H groups in total. The zero-order valence-electron chi connectivity index (χ0n) is 16.2. The predicted octanol–water partition coefficient (Wildman–Crippen LogP) is 0.355. The Morgan fingerprint density at radius 3 is 2.66 bits per heavy atom. The molecular formula is C19H23FN6O3. The van der Waals surface area contributed by atoms with Crippen LogP contribution in [0.4, 0.5) is 10.3 Å². The summed E-state index contributed by atoms with van der Waals surface area (Å²) in [6, 6.07) is 6.07. The van der Waals surface area contributed by atoms with E-state index >= 15 is 0 Å². The SMILES string of the molecule is Cn1c(=O)[nH]c(=O)c2c1nc(NCCN1CCOCC1)n2Cc1ccc(F)cc1. The molecular weight excluding hydrogens is 379 g/mol. The highest BCUT2D eigenvalue weighted by molar-refractivity contribution is 5.74. The van der Waals surface area contributed by atoms with E-state index in [4.69, 9.17) is 4.74 Å². The van der Waals surface area contributed by atoms with Gasteiger partial charge in [-0.3, -0.25) is 23.8 Å². The van der Waals surface area contributed by atoms with Crippen molar-refractivity contribution in [1.29, 1.82) is 0 Å². The van der Waals surface area contributed by atoms with Crippen molar-refractivity contribution in [2.24, 2.45) is 7.05 Å². The summed E-state index contributed by atoms with van der Waals surface area (Å²) in [5, 5.41) is 3.28. The Morgan fingerprint density at radius 1 is 1.21 bits per heavy atom. The Bertz CT molecular complexity index is 1110. The van der Waals surface area contributed by atoms with Crippen molar-refractivity contribution in [2.45, 2.75) is 6.54 Å². The quantitative estimate of drug-likeness (QED) is 0.618. The van der Waals surface area contributed by atoms with Gasteiger partial charge in [-0.25, -0.2) is 9.18 Å². The number of aromatic nitrogens is 4. The van der Waals surface area contributed by atoms with Gasteiger partial charge in [-0.05, 0) is 17.7 Å². The van der Waals surface area contributed by atoms with Crippen LogP contribution >= 0.6 is 0 Å². The third-order valence-electron chi connectivity index (χ3n) is 5.08. The topological polar surface area (TPSA) is 97.2 Å². The predicted molar refractivity (Wildman–Crippen MR) is 107 cm³/mol. The average molecular weight is 402 g/mol. The molecule has 1 aliphatic rings. The van der Waals surface area contributed by atoms with Gasteiger partial charge in [0.2, 0.25) is 5.95 Å². The Morgan fingerprint density at radius 2 is 1.93 bits per heavy atom. The molecule has 0 saturated carbocycles. The molecule has 2 aromatic heterocycles. The number of nitrogens with zero attached hydrogens (tertiary/aromatic N) is 4. The van der Waals surface area contributed by atoms with E-state index in [0.717, 1.165) is 38.4 Å². The van der Waals surface area contributed by atoms with E-state index in [1.54, 1.807) is 23.7 Å². The maximum atomic E-state index is 13.3. The monoisotopic (exact) mass is 402 g/mol. The van der Waals surface area contributed by atoms with Crippen LogP contribution in [0.1, 0.15) is 5.56 Å². The first-order valence-corrected chi connectivity index (χ1v) is 9.51. The molecule has 0 amide bonds. The van der Waals surface area contributed by atoms with Crippen LogP contribution in [0.2, 0.25) is 0 Å². The highest BCUT2D eigenvalue weighted by Crippen LogP contribution is 2.18. The number of anilines is 1. The minimum absolute atomic E-state index is 0.297. The van der Waals surface area contributed by atoms with Crippen molar-refractivity contribution in [2.75, 3.05) is 44.7 Å². The summed E-state index contributed by atoms with van der Waals surface area (Å²) in [6.07, 6.45) is 0. The maximum Gasteiger partial charge on any atom is 0.329 e. The maximum absolute atomic E-state index is 13.3. The number of imidazole rings is 1. The minimum Gasteiger partial charge on any atom is -0.379 e. The van der Waals surface area contributed by atoms with Gasteiger partial charge in [-0.1, -0.05) is 12.1 Å². The lowest BCUT2D eigenvalue weighted by molar-refractivity contribution is 0.0398. The standard InChI is InChI=1S/C19H23FN6O3/c1-24-16-15(17(27)23-19(24)28)26(12-13-2-4-14(20)5-3-13)18(22-16)21-6-7-25-8-10-29-11-9-25/h2-5H,6-12H2,1H3,(H,21,22)(H,23,27,28). The zero-order valence-corrected chi connectivity index (χ0v) is 16.2. The number of fused-ring (bicyclic) bond motifs is 1. The lowest BCUT2D eigenvalue weighted by atomic mass is 10.2. The fourth-order valence-electron chi connectivity index (χ4n) is 3.45. The highest BCUT2D eigenvalue weighted by Gasteiger charge is 2.18. The van der Waals surface area contributed by atoms with E-state index in [2.05, 4.69) is 20.2 Å². The first kappa shape index (κ1) is 19.3. The van der Waals surface area contributed by atoms with Crippen LogP contribution in [0.25, 0.3) is 11.2 Å². The number of halogens is 1. The van der Waals surface area contributed by atoms with E-state index in [1.165, 1.54) is 16.7 Å². The molecule has 0 aliphatic carbocycles. The Balaban J connectivity index is 1.66. The van der Waals surface area contributed by atoms with Gasteiger partial charge in [-0.15, -0.1) is 0 Å². The normalized spacial score (nSPS) is 15.1. The second-order valence-electron chi connectivity index (χ2n) is 7.02. The van der Waals surface area contributed by atoms with Crippen LogP contribution in [0, 0.1) is 5.82 Å². The minimum atomic E-state index is -0.520. The van der Waals surface area contributed by atoms with Gasteiger partial charge >= 0.3 is 5.69 Å². The van der Waals surface area contributed by atoms with Gasteiger partial charge in [0.15, 0.2) is 11.2 Å². The summed E-state index contributed by atoms with van der Waals surface area (Å²) in [7, 11) is 1.56. The summed E-state index contributed by atoms with van der Waals surface area (Å²) >= 11 is 0. The molecule has 1 fully saturated rings. The number of morpholine rings is 1. The van der Waals surface area contributed by atoms with Crippen LogP contribution < -0.4 is 16.6 Å². The van der Waals surface area contributed by atoms with Crippen LogP contribution in [0.15, 0.2) is 33.9 Å².